The lowest BCUT2D eigenvalue weighted by molar-refractivity contribution is -0.114. The average Bonchev–Trinajstić information content (AvgIpc) is 3.28. The van der Waals surface area contributed by atoms with Crippen LogP contribution in [0.15, 0.2) is 84.9 Å². The summed E-state index contributed by atoms with van der Waals surface area (Å²) in [6.45, 7) is 0.0822. The SMILES string of the molecule is CS(=O)(=O)N(CC(=O)Nc1ccc2c3c(cccc13)CC2)c1ccc(OCc2ccccc2)cc1. The Morgan fingerprint density at radius 3 is 2.31 bits per heavy atom. The van der Waals surface area contributed by atoms with Gasteiger partial charge in [0.1, 0.15) is 18.9 Å². The van der Waals surface area contributed by atoms with Gasteiger partial charge in [-0.2, -0.15) is 0 Å². The number of carbonyl (C=O) groups is 1. The molecule has 1 aliphatic rings. The van der Waals surface area contributed by atoms with E-state index in [0.29, 0.717) is 23.7 Å². The number of nitrogens with zero attached hydrogens (tertiary/aromatic N) is 1. The lowest BCUT2D eigenvalue weighted by Crippen LogP contribution is -2.37. The van der Waals surface area contributed by atoms with Gasteiger partial charge in [-0.05, 0) is 65.3 Å². The molecule has 1 amide bonds. The van der Waals surface area contributed by atoms with E-state index >= 15 is 0 Å². The molecular weight excluding hydrogens is 460 g/mol. The Hall–Kier alpha value is -3.84. The van der Waals surface area contributed by atoms with Crippen LogP contribution >= 0.6 is 0 Å². The maximum atomic E-state index is 13.0. The summed E-state index contributed by atoms with van der Waals surface area (Å²) in [5.41, 5.74) is 4.68. The highest BCUT2D eigenvalue weighted by Gasteiger charge is 2.22. The van der Waals surface area contributed by atoms with Gasteiger partial charge in [-0.3, -0.25) is 9.10 Å². The van der Waals surface area contributed by atoms with Gasteiger partial charge in [0, 0.05) is 11.1 Å². The van der Waals surface area contributed by atoms with E-state index < -0.39 is 15.9 Å². The van der Waals surface area contributed by atoms with E-state index in [-0.39, 0.29) is 6.54 Å². The van der Waals surface area contributed by atoms with E-state index in [9.17, 15) is 13.2 Å². The van der Waals surface area contributed by atoms with E-state index in [1.54, 1.807) is 24.3 Å². The number of aryl methyl sites for hydroxylation is 2. The minimum Gasteiger partial charge on any atom is -0.489 e. The third-order valence-electron chi connectivity index (χ3n) is 6.21. The molecule has 0 heterocycles. The molecule has 35 heavy (non-hydrogen) atoms. The number of anilines is 2. The largest absolute Gasteiger partial charge is 0.489 e. The molecule has 0 spiro atoms. The zero-order valence-corrected chi connectivity index (χ0v) is 20.2. The Morgan fingerprint density at radius 2 is 1.60 bits per heavy atom. The molecule has 4 aromatic carbocycles. The highest BCUT2D eigenvalue weighted by molar-refractivity contribution is 7.92. The average molecular weight is 487 g/mol. The molecule has 0 aliphatic heterocycles. The fourth-order valence-corrected chi connectivity index (χ4v) is 5.38. The molecule has 5 rings (SSSR count). The number of sulfonamides is 1. The fraction of sp³-hybridized carbons (Fsp3) is 0.179. The van der Waals surface area contributed by atoms with Gasteiger partial charge in [0.25, 0.3) is 0 Å². The van der Waals surface area contributed by atoms with Crippen molar-refractivity contribution in [2.75, 3.05) is 22.4 Å². The van der Waals surface area contributed by atoms with Gasteiger partial charge in [0.05, 0.1) is 11.9 Å². The Kier molecular flexibility index (Phi) is 6.17. The van der Waals surface area contributed by atoms with Crippen molar-refractivity contribution in [1.82, 2.24) is 0 Å². The minimum absolute atomic E-state index is 0.327. The van der Waals surface area contributed by atoms with Crippen LogP contribution in [0, 0.1) is 0 Å². The second kappa shape index (κ2) is 9.43. The molecule has 7 heteroatoms. The van der Waals surface area contributed by atoms with Crippen LogP contribution in [0.5, 0.6) is 5.75 Å². The van der Waals surface area contributed by atoms with E-state index in [1.807, 2.05) is 54.6 Å². The van der Waals surface area contributed by atoms with Crippen molar-refractivity contribution in [2.24, 2.45) is 0 Å². The molecule has 0 radical (unpaired) electrons. The van der Waals surface area contributed by atoms with Crippen LogP contribution in [0.4, 0.5) is 11.4 Å². The van der Waals surface area contributed by atoms with Crippen molar-refractivity contribution in [2.45, 2.75) is 19.4 Å². The minimum atomic E-state index is -3.69. The van der Waals surface area contributed by atoms with Gasteiger partial charge in [-0.1, -0.05) is 54.6 Å². The van der Waals surface area contributed by atoms with Crippen LogP contribution in [0.1, 0.15) is 16.7 Å². The van der Waals surface area contributed by atoms with E-state index in [4.69, 9.17) is 4.74 Å². The summed E-state index contributed by atoms with van der Waals surface area (Å²) in [7, 11) is -3.69. The van der Waals surface area contributed by atoms with Crippen LogP contribution in [0.25, 0.3) is 10.8 Å². The molecule has 6 nitrogen and oxygen atoms in total. The number of nitrogens with one attached hydrogen (secondary N) is 1. The predicted molar refractivity (Wildman–Crippen MR) is 139 cm³/mol. The third-order valence-corrected chi connectivity index (χ3v) is 7.35. The number of benzene rings is 4. The molecule has 0 saturated heterocycles. The summed E-state index contributed by atoms with van der Waals surface area (Å²) in [6.07, 6.45) is 3.09. The Bertz CT molecular complexity index is 1470. The molecule has 4 aromatic rings. The van der Waals surface area contributed by atoms with Crippen molar-refractivity contribution in [3.63, 3.8) is 0 Å². The molecule has 1 aliphatic carbocycles. The summed E-state index contributed by atoms with van der Waals surface area (Å²) < 4.78 is 32.0. The number of carbonyl (C=O) groups excluding carboxylic acids is 1. The number of hydrogen-bond acceptors (Lipinski definition) is 4. The summed E-state index contributed by atoms with van der Waals surface area (Å²) in [6, 6.07) is 26.5. The number of amides is 1. The second-order valence-corrected chi connectivity index (χ2v) is 10.6. The van der Waals surface area contributed by atoms with Crippen LogP contribution in [-0.2, 0) is 34.3 Å². The first-order valence-electron chi connectivity index (χ1n) is 11.5. The van der Waals surface area contributed by atoms with Gasteiger partial charge >= 0.3 is 0 Å². The molecule has 178 valence electrons. The summed E-state index contributed by atoms with van der Waals surface area (Å²) in [5.74, 6) is 0.210. The molecular formula is C28H26N2O4S. The number of ether oxygens (including phenoxy) is 1. The van der Waals surface area contributed by atoms with Crippen molar-refractivity contribution < 1.29 is 17.9 Å². The molecule has 0 unspecified atom stereocenters. The maximum absolute atomic E-state index is 13.0. The number of hydrogen-bond donors (Lipinski definition) is 1. The van der Waals surface area contributed by atoms with Crippen LogP contribution in [0.2, 0.25) is 0 Å². The molecule has 0 atom stereocenters. The molecule has 0 saturated carbocycles. The molecule has 1 N–H and O–H groups in total. The van der Waals surface area contributed by atoms with Crippen molar-refractivity contribution in [3.8, 4) is 5.75 Å². The normalized spacial score (nSPS) is 12.5. The monoisotopic (exact) mass is 486 g/mol. The van der Waals surface area contributed by atoms with Gasteiger partial charge in [-0.15, -0.1) is 0 Å². The summed E-state index contributed by atoms with van der Waals surface area (Å²) >= 11 is 0. The third kappa shape index (κ3) is 5.00. The Morgan fingerprint density at radius 1 is 0.886 bits per heavy atom. The van der Waals surface area contributed by atoms with Gasteiger partial charge in [0.2, 0.25) is 15.9 Å². The van der Waals surface area contributed by atoms with E-state index in [0.717, 1.165) is 34.4 Å². The Labute approximate surface area is 205 Å². The Balaban J connectivity index is 1.31. The molecule has 0 bridgehead atoms. The van der Waals surface area contributed by atoms with Crippen LogP contribution in [-0.4, -0.2) is 27.1 Å². The lowest BCUT2D eigenvalue weighted by Gasteiger charge is -2.22. The predicted octanol–water partition coefficient (Wildman–Crippen LogP) is 4.92. The van der Waals surface area contributed by atoms with E-state index in [1.165, 1.54) is 16.5 Å². The fourth-order valence-electron chi connectivity index (χ4n) is 4.53. The van der Waals surface area contributed by atoms with Crippen LogP contribution in [0.3, 0.4) is 0 Å². The number of rotatable bonds is 8. The second-order valence-electron chi connectivity index (χ2n) is 8.70. The summed E-state index contributed by atoms with van der Waals surface area (Å²) in [5, 5.41) is 5.09. The molecule has 0 aromatic heterocycles. The van der Waals surface area contributed by atoms with Crippen molar-refractivity contribution in [1.29, 1.82) is 0 Å². The van der Waals surface area contributed by atoms with Gasteiger partial charge in [-0.25, -0.2) is 8.42 Å². The van der Waals surface area contributed by atoms with Gasteiger partial charge in [0.15, 0.2) is 0 Å². The van der Waals surface area contributed by atoms with Crippen LogP contribution < -0.4 is 14.4 Å². The van der Waals surface area contributed by atoms with Crippen molar-refractivity contribution >= 4 is 38.1 Å². The first-order valence-corrected chi connectivity index (χ1v) is 13.3. The highest BCUT2D eigenvalue weighted by atomic mass is 32.2. The first kappa shape index (κ1) is 22.9. The van der Waals surface area contributed by atoms with Gasteiger partial charge < -0.3 is 10.1 Å². The summed E-state index contributed by atoms with van der Waals surface area (Å²) in [4.78, 5) is 13.0. The highest BCUT2D eigenvalue weighted by Crippen LogP contribution is 2.35. The van der Waals surface area contributed by atoms with E-state index in [2.05, 4.69) is 11.4 Å². The zero-order valence-electron chi connectivity index (χ0n) is 19.4. The smallest absolute Gasteiger partial charge is 0.245 e. The molecule has 0 fully saturated rings. The maximum Gasteiger partial charge on any atom is 0.245 e. The quantitative estimate of drug-likeness (QED) is 0.384. The van der Waals surface area contributed by atoms with Crippen molar-refractivity contribution in [3.05, 3.63) is 102 Å². The lowest BCUT2D eigenvalue weighted by atomic mass is 10.0. The standard InChI is InChI=1S/C28H26N2O4S/c1-35(32,33)30(23-13-15-24(16-14-23)34-19-20-6-3-2-4-7-20)18-27(31)29-26-17-12-22-11-10-21-8-5-9-25(26)28(21)22/h2-9,12-17H,10-11,18-19H2,1H3,(H,29,31). The topological polar surface area (TPSA) is 75.7 Å². The zero-order chi connectivity index (χ0) is 24.4. The first-order chi connectivity index (χ1) is 16.9.